The van der Waals surface area contributed by atoms with E-state index in [1.165, 1.54) is 19.0 Å². The molecule has 2 heterocycles. The molecule has 2 fully saturated rings. The Morgan fingerprint density at radius 3 is 2.39 bits per heavy atom. The highest BCUT2D eigenvalue weighted by Gasteiger charge is 2.24. The van der Waals surface area contributed by atoms with Crippen LogP contribution in [0.3, 0.4) is 0 Å². The number of carbonyl (C=O) groups is 1. The maximum Gasteiger partial charge on any atom is 0.261 e. The number of aromatic nitrogens is 1. The highest BCUT2D eigenvalue weighted by Crippen LogP contribution is 2.25. The van der Waals surface area contributed by atoms with Crippen molar-refractivity contribution in [1.82, 2.24) is 15.6 Å². The molecule has 3 N–H and O–H groups in total. The number of piperazine rings is 1. The third kappa shape index (κ3) is 6.03. The fraction of sp³-hybridized carbons (Fsp3) is 0.500. The minimum Gasteiger partial charge on any atom is -0.353 e. The number of hydrogen-bond acceptors (Lipinski definition) is 6. The molecule has 2 aliphatic rings. The first-order valence-electron chi connectivity index (χ1n) is 11.8. The summed E-state index contributed by atoms with van der Waals surface area (Å²) in [5, 5.41) is 6.49. The van der Waals surface area contributed by atoms with Crippen molar-refractivity contribution in [3.05, 3.63) is 47.7 Å². The molecule has 1 saturated carbocycles. The average molecular weight is 472 g/mol. The molecule has 0 radical (unpaired) electrons. The largest absolute Gasteiger partial charge is 0.353 e. The van der Waals surface area contributed by atoms with E-state index in [0.717, 1.165) is 57.4 Å². The molecule has 8 nitrogen and oxygen atoms in total. The Labute approximate surface area is 196 Å². The molecule has 1 amide bonds. The van der Waals surface area contributed by atoms with E-state index in [1.54, 1.807) is 30.3 Å². The monoisotopic (exact) mass is 471 g/mol. The number of hydrogen-bond donors (Lipinski definition) is 3. The van der Waals surface area contributed by atoms with Gasteiger partial charge in [0, 0.05) is 32.2 Å². The zero-order valence-corrected chi connectivity index (χ0v) is 20.0. The highest BCUT2D eigenvalue weighted by molar-refractivity contribution is 7.92. The van der Waals surface area contributed by atoms with Crippen molar-refractivity contribution in [1.29, 1.82) is 0 Å². The maximum atomic E-state index is 13.3. The van der Waals surface area contributed by atoms with E-state index < -0.39 is 10.0 Å². The predicted molar refractivity (Wildman–Crippen MR) is 130 cm³/mol. The topological polar surface area (TPSA) is 103 Å². The van der Waals surface area contributed by atoms with Crippen LogP contribution in [-0.4, -0.2) is 51.5 Å². The minimum absolute atomic E-state index is 0.142. The first-order chi connectivity index (χ1) is 15.9. The molecule has 1 aliphatic heterocycles. The van der Waals surface area contributed by atoms with Crippen LogP contribution in [0.5, 0.6) is 0 Å². The maximum absolute atomic E-state index is 13.3. The van der Waals surface area contributed by atoms with E-state index in [2.05, 4.69) is 25.2 Å². The highest BCUT2D eigenvalue weighted by atomic mass is 32.2. The van der Waals surface area contributed by atoms with Gasteiger partial charge >= 0.3 is 0 Å². The van der Waals surface area contributed by atoms with Gasteiger partial charge in [-0.25, -0.2) is 13.4 Å². The van der Waals surface area contributed by atoms with Gasteiger partial charge in [-0.05, 0) is 38.0 Å². The summed E-state index contributed by atoms with van der Waals surface area (Å²) in [6.07, 6.45) is 8.08. The number of benzene rings is 1. The molecule has 2 aromatic rings. The van der Waals surface area contributed by atoms with Crippen molar-refractivity contribution >= 4 is 27.4 Å². The smallest absolute Gasteiger partial charge is 0.261 e. The van der Waals surface area contributed by atoms with Crippen LogP contribution in [0.15, 0.2) is 41.4 Å². The Morgan fingerprint density at radius 1 is 1.06 bits per heavy atom. The Morgan fingerprint density at radius 2 is 1.73 bits per heavy atom. The molecule has 4 rings (SSSR count). The lowest BCUT2D eigenvalue weighted by Gasteiger charge is -2.30. The quantitative estimate of drug-likeness (QED) is 0.560. The van der Waals surface area contributed by atoms with E-state index >= 15 is 0 Å². The van der Waals surface area contributed by atoms with Crippen LogP contribution in [0, 0.1) is 6.92 Å². The molecular formula is C24H33N5O3S. The molecule has 0 bridgehead atoms. The molecule has 1 aromatic heterocycles. The van der Waals surface area contributed by atoms with Gasteiger partial charge in [-0.3, -0.25) is 9.52 Å². The van der Waals surface area contributed by atoms with Crippen LogP contribution < -0.4 is 20.3 Å². The number of aryl methyl sites for hydroxylation is 1. The first kappa shape index (κ1) is 23.5. The second-order valence-corrected chi connectivity index (χ2v) is 10.6. The standard InChI is InChI=1S/C24H33N5O3S/c1-18-8-10-21(11-9-18)33(31,32)28-20-16-22(23(26-17-20)29-14-12-25-13-15-29)24(30)27-19-6-4-2-3-5-7-19/h8-11,16-17,19,25,28H,2-7,12-15H2,1H3,(H,27,30). The zero-order valence-electron chi connectivity index (χ0n) is 19.1. The molecule has 178 valence electrons. The van der Waals surface area contributed by atoms with Crippen LogP contribution in [0.2, 0.25) is 0 Å². The van der Waals surface area contributed by atoms with E-state index in [0.29, 0.717) is 11.4 Å². The lowest BCUT2D eigenvalue weighted by Crippen LogP contribution is -2.45. The number of sulfonamides is 1. The van der Waals surface area contributed by atoms with Crippen molar-refractivity contribution < 1.29 is 13.2 Å². The molecule has 0 atom stereocenters. The van der Waals surface area contributed by atoms with Gasteiger partial charge in [0.15, 0.2) is 0 Å². The van der Waals surface area contributed by atoms with Gasteiger partial charge < -0.3 is 15.5 Å². The second-order valence-electron chi connectivity index (χ2n) is 8.91. The van der Waals surface area contributed by atoms with Crippen molar-refractivity contribution in [2.24, 2.45) is 0 Å². The van der Waals surface area contributed by atoms with Gasteiger partial charge in [-0.1, -0.05) is 43.4 Å². The lowest BCUT2D eigenvalue weighted by molar-refractivity contribution is 0.0933. The third-order valence-corrected chi connectivity index (χ3v) is 7.70. The SMILES string of the molecule is Cc1ccc(S(=O)(=O)Nc2cnc(N3CCNCC3)c(C(=O)NC3CCCCCC3)c2)cc1. The van der Waals surface area contributed by atoms with Gasteiger partial charge in [-0.15, -0.1) is 0 Å². The first-order valence-corrected chi connectivity index (χ1v) is 13.3. The van der Waals surface area contributed by atoms with Crippen molar-refractivity contribution in [2.45, 2.75) is 56.4 Å². The summed E-state index contributed by atoms with van der Waals surface area (Å²) in [6, 6.07) is 8.41. The van der Waals surface area contributed by atoms with Gasteiger partial charge in [0.05, 0.1) is 22.3 Å². The van der Waals surface area contributed by atoms with Crippen LogP contribution in [0.25, 0.3) is 0 Å². The summed E-state index contributed by atoms with van der Waals surface area (Å²) in [4.78, 5) is 20.1. The number of rotatable bonds is 6. The molecule has 1 saturated heterocycles. The van der Waals surface area contributed by atoms with E-state index in [9.17, 15) is 13.2 Å². The summed E-state index contributed by atoms with van der Waals surface area (Å²) in [5.41, 5.74) is 1.67. The molecule has 1 aliphatic carbocycles. The Balaban J connectivity index is 1.60. The third-order valence-electron chi connectivity index (χ3n) is 6.30. The number of carbonyl (C=O) groups excluding carboxylic acids is 1. The lowest BCUT2D eigenvalue weighted by atomic mass is 10.1. The van der Waals surface area contributed by atoms with Crippen molar-refractivity contribution in [2.75, 3.05) is 35.8 Å². The van der Waals surface area contributed by atoms with E-state index in [4.69, 9.17) is 0 Å². The molecule has 9 heteroatoms. The van der Waals surface area contributed by atoms with Crippen molar-refractivity contribution in [3.63, 3.8) is 0 Å². The van der Waals surface area contributed by atoms with Gasteiger partial charge in [0.1, 0.15) is 5.82 Å². The normalized spacial score (nSPS) is 17.9. The predicted octanol–water partition coefficient (Wildman–Crippen LogP) is 3.05. The zero-order chi connectivity index (χ0) is 23.3. The Kier molecular flexibility index (Phi) is 7.49. The van der Waals surface area contributed by atoms with Crippen molar-refractivity contribution in [3.8, 4) is 0 Å². The number of pyridine rings is 1. The summed E-state index contributed by atoms with van der Waals surface area (Å²) < 4.78 is 28.3. The van der Waals surface area contributed by atoms with Crippen LogP contribution in [0.4, 0.5) is 11.5 Å². The fourth-order valence-corrected chi connectivity index (χ4v) is 5.46. The van der Waals surface area contributed by atoms with E-state index in [-0.39, 0.29) is 22.5 Å². The number of nitrogens with zero attached hydrogens (tertiary/aromatic N) is 2. The summed E-state index contributed by atoms with van der Waals surface area (Å²) in [6.45, 7) is 5.01. The Bertz CT molecular complexity index is 1060. The van der Waals surface area contributed by atoms with Gasteiger partial charge in [0.2, 0.25) is 0 Å². The average Bonchev–Trinajstić information content (AvgIpc) is 3.08. The van der Waals surface area contributed by atoms with E-state index in [1.807, 2.05) is 6.92 Å². The fourth-order valence-electron chi connectivity index (χ4n) is 4.43. The minimum atomic E-state index is -3.79. The second kappa shape index (κ2) is 10.5. The summed E-state index contributed by atoms with van der Waals surface area (Å²) in [5.74, 6) is 0.403. The molecule has 1 aromatic carbocycles. The molecule has 0 unspecified atom stereocenters. The molecule has 33 heavy (non-hydrogen) atoms. The van der Waals surface area contributed by atoms with Crippen LogP contribution in [0.1, 0.15) is 54.4 Å². The molecular weight excluding hydrogens is 438 g/mol. The summed E-state index contributed by atoms with van der Waals surface area (Å²) >= 11 is 0. The Hall–Kier alpha value is -2.65. The van der Waals surface area contributed by atoms with Gasteiger partial charge in [0.25, 0.3) is 15.9 Å². The summed E-state index contributed by atoms with van der Waals surface area (Å²) in [7, 11) is -3.79. The van der Waals surface area contributed by atoms with Gasteiger partial charge in [-0.2, -0.15) is 0 Å². The molecule has 0 spiro atoms. The number of anilines is 2. The number of amides is 1. The van der Waals surface area contributed by atoms with Crippen LogP contribution in [-0.2, 0) is 10.0 Å². The number of nitrogens with one attached hydrogen (secondary N) is 3. The van der Waals surface area contributed by atoms with Crippen LogP contribution >= 0.6 is 0 Å².